The molecule has 94 valence electrons. The van der Waals surface area contributed by atoms with Crippen molar-refractivity contribution in [3.8, 4) is 5.82 Å². The Morgan fingerprint density at radius 2 is 2.17 bits per heavy atom. The highest BCUT2D eigenvalue weighted by molar-refractivity contribution is 5.37. The van der Waals surface area contributed by atoms with E-state index in [9.17, 15) is 0 Å². The van der Waals surface area contributed by atoms with E-state index in [-0.39, 0.29) is 0 Å². The molecule has 2 heterocycles. The number of nitrogens with one attached hydrogen (secondary N) is 1. The van der Waals surface area contributed by atoms with Crippen LogP contribution in [0, 0.1) is 0 Å². The highest BCUT2D eigenvalue weighted by atomic mass is 15.2. The molecule has 1 aliphatic rings. The van der Waals surface area contributed by atoms with Crippen molar-refractivity contribution in [3.05, 3.63) is 30.1 Å². The first kappa shape index (κ1) is 11.2. The monoisotopic (exact) mass is 243 g/mol. The molecule has 0 amide bonds. The molecular weight excluding hydrogens is 226 g/mol. The van der Waals surface area contributed by atoms with Crippen molar-refractivity contribution < 1.29 is 0 Å². The van der Waals surface area contributed by atoms with Crippen LogP contribution in [0.3, 0.4) is 0 Å². The minimum atomic E-state index is 0.813. The Bertz CT molecular complexity index is 546. The first-order chi connectivity index (χ1) is 8.88. The van der Waals surface area contributed by atoms with Gasteiger partial charge in [-0.1, -0.05) is 0 Å². The summed E-state index contributed by atoms with van der Waals surface area (Å²) < 4.78 is 2.07. The Morgan fingerprint density at radius 3 is 3.06 bits per heavy atom. The average Bonchev–Trinajstić information content (AvgIpc) is 2.83. The van der Waals surface area contributed by atoms with E-state index >= 15 is 0 Å². The second-order valence-corrected chi connectivity index (χ2v) is 4.51. The van der Waals surface area contributed by atoms with E-state index in [0.717, 1.165) is 31.0 Å². The lowest BCUT2D eigenvalue weighted by Gasteiger charge is -2.13. The largest absolute Gasteiger partial charge is 0.369 e. The lowest BCUT2D eigenvalue weighted by atomic mass is 10.0. The summed E-state index contributed by atoms with van der Waals surface area (Å²) in [7, 11) is 0. The molecule has 2 aromatic rings. The Balaban J connectivity index is 1.99. The molecule has 1 N–H and O–H groups in total. The summed E-state index contributed by atoms with van der Waals surface area (Å²) in [6.45, 7) is 2.90. The van der Waals surface area contributed by atoms with Crippen LogP contribution in [0.15, 0.2) is 18.7 Å². The van der Waals surface area contributed by atoms with Crippen molar-refractivity contribution >= 4 is 5.82 Å². The van der Waals surface area contributed by atoms with Crippen LogP contribution in [0.1, 0.15) is 31.2 Å². The molecule has 0 bridgehead atoms. The maximum Gasteiger partial charge on any atom is 0.159 e. The van der Waals surface area contributed by atoms with Crippen molar-refractivity contribution in [1.29, 1.82) is 0 Å². The van der Waals surface area contributed by atoms with Crippen molar-refractivity contribution in [3.63, 3.8) is 0 Å². The van der Waals surface area contributed by atoms with Crippen molar-refractivity contribution in [2.24, 2.45) is 0 Å². The number of anilines is 1. The van der Waals surface area contributed by atoms with Gasteiger partial charge in [0.05, 0.1) is 18.1 Å². The zero-order valence-electron chi connectivity index (χ0n) is 10.6. The Labute approximate surface area is 106 Å². The first-order valence-corrected chi connectivity index (χ1v) is 6.50. The lowest BCUT2D eigenvalue weighted by molar-refractivity contribution is 0.654. The predicted molar refractivity (Wildman–Crippen MR) is 70.0 cm³/mol. The normalized spacial score (nSPS) is 14.3. The van der Waals surface area contributed by atoms with Gasteiger partial charge < -0.3 is 5.32 Å². The van der Waals surface area contributed by atoms with Gasteiger partial charge in [-0.2, -0.15) is 0 Å². The third-order valence-corrected chi connectivity index (χ3v) is 3.26. The highest BCUT2D eigenvalue weighted by Crippen LogP contribution is 2.22. The van der Waals surface area contributed by atoms with Crippen LogP contribution < -0.4 is 5.32 Å². The van der Waals surface area contributed by atoms with E-state index in [1.54, 1.807) is 12.4 Å². The summed E-state index contributed by atoms with van der Waals surface area (Å²) >= 11 is 0. The average molecular weight is 243 g/mol. The molecule has 5 heteroatoms. The van der Waals surface area contributed by atoms with Gasteiger partial charge >= 0.3 is 0 Å². The van der Waals surface area contributed by atoms with Crippen molar-refractivity contribution in [2.75, 3.05) is 11.9 Å². The Kier molecular flexibility index (Phi) is 2.96. The maximum atomic E-state index is 4.56. The number of imidazole rings is 1. The summed E-state index contributed by atoms with van der Waals surface area (Å²) in [4.78, 5) is 13.3. The van der Waals surface area contributed by atoms with E-state index < -0.39 is 0 Å². The van der Waals surface area contributed by atoms with Gasteiger partial charge in [-0.05, 0) is 32.6 Å². The SMILES string of the molecule is CCNc1cncc(-n2cnc3c2CCCC3)n1. The molecule has 3 rings (SSSR count). The molecule has 0 atom stereocenters. The first-order valence-electron chi connectivity index (χ1n) is 6.50. The van der Waals surface area contributed by atoms with Gasteiger partial charge in [0, 0.05) is 12.2 Å². The number of nitrogens with zero attached hydrogens (tertiary/aromatic N) is 4. The zero-order valence-corrected chi connectivity index (χ0v) is 10.6. The van der Waals surface area contributed by atoms with Crippen LogP contribution in [0.2, 0.25) is 0 Å². The van der Waals surface area contributed by atoms with Gasteiger partial charge in [0.1, 0.15) is 12.1 Å². The summed E-state index contributed by atoms with van der Waals surface area (Å²) in [6, 6.07) is 0. The summed E-state index contributed by atoms with van der Waals surface area (Å²) in [5, 5.41) is 3.18. The fourth-order valence-corrected chi connectivity index (χ4v) is 2.40. The Morgan fingerprint density at radius 1 is 1.28 bits per heavy atom. The number of aryl methyl sites for hydroxylation is 1. The fourth-order valence-electron chi connectivity index (χ4n) is 2.40. The van der Waals surface area contributed by atoms with E-state index in [0.29, 0.717) is 0 Å². The molecule has 0 spiro atoms. The fraction of sp³-hybridized carbons (Fsp3) is 0.462. The molecule has 2 aromatic heterocycles. The van der Waals surface area contributed by atoms with Gasteiger partial charge in [0.15, 0.2) is 5.82 Å². The molecule has 0 fully saturated rings. The third-order valence-electron chi connectivity index (χ3n) is 3.26. The van der Waals surface area contributed by atoms with Gasteiger partial charge in [-0.3, -0.25) is 9.55 Å². The second-order valence-electron chi connectivity index (χ2n) is 4.51. The van der Waals surface area contributed by atoms with Crippen LogP contribution in [0.4, 0.5) is 5.82 Å². The number of hydrogen-bond acceptors (Lipinski definition) is 4. The van der Waals surface area contributed by atoms with Gasteiger partial charge in [0.25, 0.3) is 0 Å². The second kappa shape index (κ2) is 4.76. The lowest BCUT2D eigenvalue weighted by Crippen LogP contribution is -2.09. The standard InChI is InChI=1S/C13H17N5/c1-2-15-12-7-14-8-13(17-12)18-9-16-10-5-3-4-6-11(10)18/h7-9H,2-6H2,1H3,(H,15,17). The molecule has 1 aliphatic carbocycles. The summed E-state index contributed by atoms with van der Waals surface area (Å²) in [6.07, 6.45) is 10.1. The molecule has 18 heavy (non-hydrogen) atoms. The maximum absolute atomic E-state index is 4.56. The minimum Gasteiger partial charge on any atom is -0.369 e. The molecule has 0 aromatic carbocycles. The van der Waals surface area contributed by atoms with Gasteiger partial charge in [-0.25, -0.2) is 9.97 Å². The van der Waals surface area contributed by atoms with Crippen molar-refractivity contribution in [2.45, 2.75) is 32.6 Å². The smallest absolute Gasteiger partial charge is 0.159 e. The van der Waals surface area contributed by atoms with Crippen LogP contribution in [0.25, 0.3) is 5.82 Å². The molecule has 0 unspecified atom stereocenters. The molecule has 0 aliphatic heterocycles. The summed E-state index contributed by atoms with van der Waals surface area (Å²) in [5.41, 5.74) is 2.51. The predicted octanol–water partition coefficient (Wildman–Crippen LogP) is 1.97. The van der Waals surface area contributed by atoms with Gasteiger partial charge in [-0.15, -0.1) is 0 Å². The summed E-state index contributed by atoms with van der Waals surface area (Å²) in [5.74, 6) is 1.66. The van der Waals surface area contributed by atoms with Crippen LogP contribution in [-0.4, -0.2) is 26.1 Å². The van der Waals surface area contributed by atoms with Crippen molar-refractivity contribution in [1.82, 2.24) is 19.5 Å². The number of fused-ring (bicyclic) bond motifs is 1. The van der Waals surface area contributed by atoms with Crippen LogP contribution in [0.5, 0.6) is 0 Å². The minimum absolute atomic E-state index is 0.813. The van der Waals surface area contributed by atoms with E-state index in [1.807, 2.05) is 13.3 Å². The number of rotatable bonds is 3. The number of aromatic nitrogens is 4. The van der Waals surface area contributed by atoms with Gasteiger partial charge in [0.2, 0.25) is 0 Å². The molecule has 0 radical (unpaired) electrons. The Hall–Kier alpha value is -1.91. The molecular formula is C13H17N5. The molecule has 0 saturated heterocycles. The van der Waals surface area contributed by atoms with E-state index in [2.05, 4.69) is 24.8 Å². The van der Waals surface area contributed by atoms with E-state index in [4.69, 9.17) is 0 Å². The van der Waals surface area contributed by atoms with Crippen LogP contribution >= 0.6 is 0 Å². The van der Waals surface area contributed by atoms with E-state index in [1.165, 1.54) is 24.2 Å². The zero-order chi connectivity index (χ0) is 12.4. The quantitative estimate of drug-likeness (QED) is 0.895. The highest BCUT2D eigenvalue weighted by Gasteiger charge is 2.16. The molecule has 5 nitrogen and oxygen atoms in total. The third kappa shape index (κ3) is 1.96. The van der Waals surface area contributed by atoms with Crippen LogP contribution in [-0.2, 0) is 12.8 Å². The number of hydrogen-bond donors (Lipinski definition) is 1. The topological polar surface area (TPSA) is 55.6 Å². The molecule has 0 saturated carbocycles.